The zero-order valence-corrected chi connectivity index (χ0v) is 16.9. The maximum Gasteiger partial charge on any atom is 0.252 e. The van der Waals surface area contributed by atoms with Gasteiger partial charge in [-0.05, 0) is 36.6 Å². The highest BCUT2D eigenvalue weighted by Gasteiger charge is 2.32. The van der Waals surface area contributed by atoms with E-state index in [4.69, 9.17) is 0 Å². The van der Waals surface area contributed by atoms with E-state index in [2.05, 4.69) is 19.2 Å². The van der Waals surface area contributed by atoms with Gasteiger partial charge in [0.15, 0.2) is 0 Å². The molecule has 2 heterocycles. The number of amides is 1. The molecule has 1 saturated heterocycles. The molecular formula is C18H30N2O3S2. The molecule has 1 atom stereocenters. The van der Waals surface area contributed by atoms with Crippen LogP contribution in [0.4, 0.5) is 0 Å². The molecule has 25 heavy (non-hydrogen) atoms. The largest absolute Gasteiger partial charge is 0.356 e. The molecule has 1 aliphatic rings. The molecule has 142 valence electrons. The lowest BCUT2D eigenvalue weighted by molar-refractivity contribution is -0.126. The summed E-state index contributed by atoms with van der Waals surface area (Å²) in [5.74, 6) is 0.560. The van der Waals surface area contributed by atoms with Crippen molar-refractivity contribution in [1.82, 2.24) is 9.62 Å². The first-order chi connectivity index (χ1) is 12.0. The Labute approximate surface area is 155 Å². The second-order valence-electron chi connectivity index (χ2n) is 6.77. The third-order valence-corrected chi connectivity index (χ3v) is 8.29. The van der Waals surface area contributed by atoms with Crippen LogP contribution in [0.5, 0.6) is 0 Å². The van der Waals surface area contributed by atoms with Crippen molar-refractivity contribution in [3.05, 3.63) is 17.5 Å². The summed E-state index contributed by atoms with van der Waals surface area (Å²) in [6.45, 7) is 5.93. The fourth-order valence-corrected chi connectivity index (χ4v) is 5.84. The van der Waals surface area contributed by atoms with Crippen LogP contribution in [-0.4, -0.2) is 38.3 Å². The Morgan fingerprint density at radius 2 is 2.08 bits per heavy atom. The molecule has 0 aliphatic carbocycles. The predicted octanol–water partition coefficient (Wildman–Crippen LogP) is 3.48. The van der Waals surface area contributed by atoms with Gasteiger partial charge < -0.3 is 5.32 Å². The zero-order valence-electron chi connectivity index (χ0n) is 15.2. The highest BCUT2D eigenvalue weighted by atomic mass is 32.2. The number of carbonyl (C=O) groups is 1. The van der Waals surface area contributed by atoms with Gasteiger partial charge in [0.25, 0.3) is 10.0 Å². The Balaban J connectivity index is 1.80. The first-order valence-electron chi connectivity index (χ1n) is 9.30. The maximum atomic E-state index is 12.5. The van der Waals surface area contributed by atoms with E-state index in [9.17, 15) is 13.2 Å². The van der Waals surface area contributed by atoms with Crippen LogP contribution >= 0.6 is 11.3 Å². The first kappa shape index (κ1) is 20.4. The van der Waals surface area contributed by atoms with E-state index >= 15 is 0 Å². The van der Waals surface area contributed by atoms with Crippen LogP contribution in [0.25, 0.3) is 0 Å². The highest BCUT2D eigenvalue weighted by molar-refractivity contribution is 7.91. The molecule has 1 amide bonds. The van der Waals surface area contributed by atoms with Crippen LogP contribution in [0.1, 0.15) is 52.4 Å². The fraction of sp³-hybridized carbons (Fsp3) is 0.722. The Hall–Kier alpha value is -0.920. The van der Waals surface area contributed by atoms with E-state index in [1.165, 1.54) is 28.5 Å². The van der Waals surface area contributed by atoms with Crippen LogP contribution in [-0.2, 0) is 14.8 Å². The lowest BCUT2D eigenvalue weighted by atomic mass is 9.95. The van der Waals surface area contributed by atoms with Gasteiger partial charge in [-0.2, -0.15) is 4.31 Å². The molecule has 1 aromatic heterocycles. The van der Waals surface area contributed by atoms with Crippen molar-refractivity contribution in [1.29, 1.82) is 0 Å². The van der Waals surface area contributed by atoms with Crippen LogP contribution in [0.3, 0.4) is 0 Å². The number of nitrogens with zero attached hydrogens (tertiary/aromatic N) is 1. The van der Waals surface area contributed by atoms with Crippen molar-refractivity contribution in [2.75, 3.05) is 19.6 Å². The van der Waals surface area contributed by atoms with Crippen molar-refractivity contribution in [3.8, 4) is 0 Å². The van der Waals surface area contributed by atoms with Gasteiger partial charge in [0.2, 0.25) is 5.91 Å². The van der Waals surface area contributed by atoms with Gasteiger partial charge in [0, 0.05) is 25.6 Å². The highest BCUT2D eigenvalue weighted by Crippen LogP contribution is 2.26. The van der Waals surface area contributed by atoms with Crippen molar-refractivity contribution in [3.63, 3.8) is 0 Å². The Morgan fingerprint density at radius 1 is 1.36 bits per heavy atom. The minimum Gasteiger partial charge on any atom is -0.356 e. The van der Waals surface area contributed by atoms with Crippen molar-refractivity contribution in [2.45, 2.75) is 56.6 Å². The Morgan fingerprint density at radius 3 is 2.64 bits per heavy atom. The lowest BCUT2D eigenvalue weighted by Crippen LogP contribution is -2.43. The van der Waals surface area contributed by atoms with Gasteiger partial charge in [-0.15, -0.1) is 11.3 Å². The predicted molar refractivity (Wildman–Crippen MR) is 102 cm³/mol. The minimum atomic E-state index is -3.39. The van der Waals surface area contributed by atoms with Crippen molar-refractivity contribution >= 4 is 27.3 Å². The van der Waals surface area contributed by atoms with E-state index in [0.29, 0.717) is 36.1 Å². The number of piperidine rings is 1. The zero-order chi connectivity index (χ0) is 18.3. The molecule has 0 spiro atoms. The number of hydrogen-bond donors (Lipinski definition) is 1. The number of hydrogen-bond acceptors (Lipinski definition) is 4. The van der Waals surface area contributed by atoms with E-state index < -0.39 is 10.0 Å². The van der Waals surface area contributed by atoms with Crippen molar-refractivity contribution in [2.24, 2.45) is 11.8 Å². The number of carbonyl (C=O) groups excluding carboxylic acids is 1. The summed E-state index contributed by atoms with van der Waals surface area (Å²) in [6.07, 6.45) is 5.82. The fourth-order valence-electron chi connectivity index (χ4n) is 3.23. The summed E-state index contributed by atoms with van der Waals surface area (Å²) in [5.41, 5.74) is 0. The number of unbranched alkanes of at least 4 members (excludes halogenated alkanes) is 1. The number of thiophene rings is 1. The van der Waals surface area contributed by atoms with E-state index in [-0.39, 0.29) is 11.8 Å². The van der Waals surface area contributed by atoms with Gasteiger partial charge in [-0.1, -0.05) is 39.2 Å². The number of sulfonamides is 1. The maximum absolute atomic E-state index is 12.5. The summed E-state index contributed by atoms with van der Waals surface area (Å²) in [7, 11) is -3.39. The second kappa shape index (κ2) is 9.69. The van der Waals surface area contributed by atoms with Gasteiger partial charge in [0.05, 0.1) is 0 Å². The van der Waals surface area contributed by atoms with Crippen molar-refractivity contribution < 1.29 is 13.2 Å². The average molecular weight is 387 g/mol. The SMILES string of the molecule is CCCCC(CC)CNC(=O)C1CCN(S(=O)(=O)c2cccs2)CC1. The molecule has 7 heteroatoms. The van der Waals surface area contributed by atoms with E-state index in [1.54, 1.807) is 17.5 Å². The molecule has 2 rings (SSSR count). The van der Waals surface area contributed by atoms with Gasteiger partial charge in [-0.25, -0.2) is 8.42 Å². The van der Waals surface area contributed by atoms with Crippen LogP contribution in [0, 0.1) is 11.8 Å². The third-order valence-electron chi connectivity index (χ3n) is 5.02. The van der Waals surface area contributed by atoms with Gasteiger partial charge in [0.1, 0.15) is 4.21 Å². The van der Waals surface area contributed by atoms with Crippen LogP contribution < -0.4 is 5.32 Å². The third kappa shape index (κ3) is 5.53. The molecule has 1 fully saturated rings. The van der Waals surface area contributed by atoms with Crippen LogP contribution in [0.2, 0.25) is 0 Å². The van der Waals surface area contributed by atoms with Gasteiger partial charge in [-0.3, -0.25) is 4.79 Å². The summed E-state index contributed by atoms with van der Waals surface area (Å²) >= 11 is 1.24. The topological polar surface area (TPSA) is 66.5 Å². The van der Waals surface area contributed by atoms with Gasteiger partial charge >= 0.3 is 0 Å². The standard InChI is InChI=1S/C18H30N2O3S2/c1-3-5-7-15(4-2)14-19-18(21)16-9-11-20(12-10-16)25(22,23)17-8-6-13-24-17/h6,8,13,15-16H,3-5,7,9-12,14H2,1-2H3,(H,19,21). The molecule has 1 aromatic rings. The summed E-state index contributed by atoms with van der Waals surface area (Å²) in [6, 6.07) is 3.39. The summed E-state index contributed by atoms with van der Waals surface area (Å²) < 4.78 is 26.9. The normalized spacial score (nSPS) is 18.2. The average Bonchev–Trinajstić information content (AvgIpc) is 3.17. The molecule has 0 saturated carbocycles. The quantitative estimate of drug-likeness (QED) is 0.706. The summed E-state index contributed by atoms with van der Waals surface area (Å²) in [4.78, 5) is 12.4. The monoisotopic (exact) mass is 386 g/mol. The molecule has 0 aromatic carbocycles. The molecule has 1 aliphatic heterocycles. The lowest BCUT2D eigenvalue weighted by Gasteiger charge is -2.30. The molecule has 5 nitrogen and oxygen atoms in total. The first-order valence-corrected chi connectivity index (χ1v) is 11.6. The van der Waals surface area contributed by atoms with E-state index in [1.807, 2.05) is 0 Å². The molecule has 1 unspecified atom stereocenters. The molecule has 1 N–H and O–H groups in total. The number of rotatable bonds is 9. The molecule has 0 bridgehead atoms. The smallest absolute Gasteiger partial charge is 0.252 e. The second-order valence-corrected chi connectivity index (χ2v) is 9.88. The number of nitrogens with one attached hydrogen (secondary N) is 1. The Bertz CT molecular complexity index is 621. The summed E-state index contributed by atoms with van der Waals surface area (Å²) in [5, 5.41) is 4.86. The van der Waals surface area contributed by atoms with Crippen LogP contribution in [0.15, 0.2) is 21.7 Å². The Kier molecular flexibility index (Phi) is 7.90. The molecular weight excluding hydrogens is 356 g/mol. The molecule has 0 radical (unpaired) electrons. The minimum absolute atomic E-state index is 0.0709. The van der Waals surface area contributed by atoms with E-state index in [0.717, 1.165) is 19.4 Å².